The van der Waals surface area contributed by atoms with Crippen LogP contribution in [-0.2, 0) is 10.0 Å². The fourth-order valence-electron chi connectivity index (χ4n) is 2.10. The van der Waals surface area contributed by atoms with Crippen molar-refractivity contribution in [3.8, 4) is 0 Å². The molecule has 1 saturated heterocycles. The number of aromatic nitrogens is 2. The van der Waals surface area contributed by atoms with Gasteiger partial charge in [0.25, 0.3) is 0 Å². The molecule has 0 spiro atoms. The van der Waals surface area contributed by atoms with Gasteiger partial charge in [0.15, 0.2) is 5.84 Å². The number of nitrogens with zero attached hydrogens (tertiary/aromatic N) is 5. The Morgan fingerprint density at radius 1 is 1.33 bits per heavy atom. The standard InChI is InChI=1S/C11H18N6O3S/c1-8-7-9(10(12)15-18)14-11(13-8)16-3-5-17(6-4-16)21(2,19)20/h7,18H,3-6H2,1-2H3,(H2,12,15). The molecule has 1 aromatic rings. The van der Waals surface area contributed by atoms with Gasteiger partial charge >= 0.3 is 0 Å². The number of anilines is 1. The number of piperazine rings is 1. The highest BCUT2D eigenvalue weighted by molar-refractivity contribution is 7.88. The van der Waals surface area contributed by atoms with E-state index in [-0.39, 0.29) is 5.84 Å². The van der Waals surface area contributed by atoms with Gasteiger partial charge < -0.3 is 15.8 Å². The second-order valence-electron chi connectivity index (χ2n) is 4.83. The van der Waals surface area contributed by atoms with Crippen LogP contribution in [0.15, 0.2) is 11.2 Å². The second kappa shape index (κ2) is 5.82. The van der Waals surface area contributed by atoms with Crippen molar-refractivity contribution in [2.75, 3.05) is 37.3 Å². The summed E-state index contributed by atoms with van der Waals surface area (Å²) in [7, 11) is -3.17. The highest BCUT2D eigenvalue weighted by Crippen LogP contribution is 2.14. The predicted octanol–water partition coefficient (Wildman–Crippen LogP) is -1.04. The molecular weight excluding hydrogens is 296 g/mol. The van der Waals surface area contributed by atoms with Crippen molar-refractivity contribution < 1.29 is 13.6 Å². The quantitative estimate of drug-likeness (QED) is 0.316. The molecule has 21 heavy (non-hydrogen) atoms. The Morgan fingerprint density at radius 3 is 2.48 bits per heavy atom. The summed E-state index contributed by atoms with van der Waals surface area (Å²) in [5.41, 5.74) is 6.57. The van der Waals surface area contributed by atoms with Crippen molar-refractivity contribution in [2.24, 2.45) is 10.9 Å². The highest BCUT2D eigenvalue weighted by atomic mass is 32.2. The SMILES string of the molecule is Cc1cc(/C(N)=N/O)nc(N2CCN(S(C)(=O)=O)CC2)n1. The molecule has 116 valence electrons. The molecule has 0 aliphatic carbocycles. The summed E-state index contributed by atoms with van der Waals surface area (Å²) in [6.45, 7) is 3.54. The summed E-state index contributed by atoms with van der Waals surface area (Å²) in [6, 6.07) is 1.62. The molecule has 1 aliphatic heterocycles. The van der Waals surface area contributed by atoms with Gasteiger partial charge in [-0.05, 0) is 13.0 Å². The Hall–Kier alpha value is -1.94. The van der Waals surface area contributed by atoms with Crippen molar-refractivity contribution in [1.82, 2.24) is 14.3 Å². The van der Waals surface area contributed by atoms with Crippen LogP contribution in [0.3, 0.4) is 0 Å². The lowest BCUT2D eigenvalue weighted by molar-refractivity contribution is 0.318. The van der Waals surface area contributed by atoms with Gasteiger partial charge in [-0.1, -0.05) is 5.16 Å². The van der Waals surface area contributed by atoms with Crippen LogP contribution in [0.2, 0.25) is 0 Å². The van der Waals surface area contributed by atoms with Crippen LogP contribution in [0.1, 0.15) is 11.4 Å². The number of hydrogen-bond donors (Lipinski definition) is 2. The lowest BCUT2D eigenvalue weighted by atomic mass is 10.3. The maximum atomic E-state index is 11.5. The first-order valence-corrected chi connectivity index (χ1v) is 8.20. The van der Waals surface area contributed by atoms with Crippen molar-refractivity contribution in [3.63, 3.8) is 0 Å². The van der Waals surface area contributed by atoms with Crippen LogP contribution in [0.5, 0.6) is 0 Å². The van der Waals surface area contributed by atoms with Gasteiger partial charge in [0, 0.05) is 31.9 Å². The maximum absolute atomic E-state index is 11.5. The van der Waals surface area contributed by atoms with E-state index >= 15 is 0 Å². The van der Waals surface area contributed by atoms with Crippen molar-refractivity contribution >= 4 is 21.8 Å². The minimum atomic E-state index is -3.17. The van der Waals surface area contributed by atoms with E-state index in [4.69, 9.17) is 10.9 Å². The van der Waals surface area contributed by atoms with Crippen LogP contribution in [0.25, 0.3) is 0 Å². The molecule has 2 heterocycles. The molecule has 1 aromatic heterocycles. The molecule has 10 heteroatoms. The molecule has 0 saturated carbocycles. The third-order valence-electron chi connectivity index (χ3n) is 3.20. The number of sulfonamides is 1. The Bertz CT molecular complexity index is 652. The minimum Gasteiger partial charge on any atom is -0.409 e. The minimum absolute atomic E-state index is 0.0866. The van der Waals surface area contributed by atoms with Gasteiger partial charge in [-0.15, -0.1) is 0 Å². The smallest absolute Gasteiger partial charge is 0.226 e. The molecular formula is C11H18N6O3S. The van der Waals surface area contributed by atoms with E-state index in [1.165, 1.54) is 10.6 Å². The largest absolute Gasteiger partial charge is 0.409 e. The van der Waals surface area contributed by atoms with Crippen LogP contribution in [0, 0.1) is 6.92 Å². The van der Waals surface area contributed by atoms with E-state index < -0.39 is 10.0 Å². The van der Waals surface area contributed by atoms with E-state index in [0.29, 0.717) is 43.5 Å². The summed E-state index contributed by atoms with van der Waals surface area (Å²) >= 11 is 0. The van der Waals surface area contributed by atoms with Gasteiger partial charge in [0.2, 0.25) is 16.0 Å². The lowest BCUT2D eigenvalue weighted by Crippen LogP contribution is -2.49. The number of oxime groups is 1. The normalized spacial score (nSPS) is 18.0. The molecule has 9 nitrogen and oxygen atoms in total. The van der Waals surface area contributed by atoms with Gasteiger partial charge in [-0.3, -0.25) is 0 Å². The van der Waals surface area contributed by atoms with E-state index in [9.17, 15) is 8.42 Å². The van der Waals surface area contributed by atoms with E-state index in [0.717, 1.165) is 0 Å². The average Bonchev–Trinajstić information content (AvgIpc) is 2.45. The predicted molar refractivity (Wildman–Crippen MR) is 77.9 cm³/mol. The summed E-state index contributed by atoms with van der Waals surface area (Å²) in [5, 5.41) is 11.6. The molecule has 0 atom stereocenters. The van der Waals surface area contributed by atoms with E-state index in [1.54, 1.807) is 13.0 Å². The zero-order valence-corrected chi connectivity index (χ0v) is 12.7. The highest BCUT2D eigenvalue weighted by Gasteiger charge is 2.25. The van der Waals surface area contributed by atoms with Crippen molar-refractivity contribution in [1.29, 1.82) is 0 Å². The van der Waals surface area contributed by atoms with Gasteiger partial charge in [0.1, 0.15) is 5.69 Å². The van der Waals surface area contributed by atoms with Crippen LogP contribution in [0.4, 0.5) is 5.95 Å². The Balaban J connectivity index is 2.19. The molecule has 0 aromatic carbocycles. The average molecular weight is 314 g/mol. The second-order valence-corrected chi connectivity index (χ2v) is 6.81. The zero-order chi connectivity index (χ0) is 15.6. The molecule has 0 amide bonds. The maximum Gasteiger partial charge on any atom is 0.226 e. The molecule has 1 aliphatic rings. The fraction of sp³-hybridized carbons (Fsp3) is 0.545. The van der Waals surface area contributed by atoms with Crippen LogP contribution >= 0.6 is 0 Å². The van der Waals surface area contributed by atoms with Crippen LogP contribution < -0.4 is 10.6 Å². The number of rotatable bonds is 3. The molecule has 0 radical (unpaired) electrons. The van der Waals surface area contributed by atoms with Gasteiger partial charge in [-0.25, -0.2) is 18.4 Å². The summed E-state index contributed by atoms with van der Waals surface area (Å²) < 4.78 is 24.4. The van der Waals surface area contributed by atoms with Crippen molar-refractivity contribution in [2.45, 2.75) is 6.92 Å². The lowest BCUT2D eigenvalue weighted by Gasteiger charge is -2.33. The Labute approximate surface area is 123 Å². The third-order valence-corrected chi connectivity index (χ3v) is 4.51. The topological polar surface area (TPSA) is 125 Å². The fourth-order valence-corrected chi connectivity index (χ4v) is 2.92. The van der Waals surface area contributed by atoms with Crippen LogP contribution in [-0.4, -0.2) is 66.2 Å². The van der Waals surface area contributed by atoms with Gasteiger partial charge in [0.05, 0.1) is 6.26 Å². The first-order chi connectivity index (χ1) is 9.81. The number of aryl methyl sites for hydroxylation is 1. The summed E-state index contributed by atoms with van der Waals surface area (Å²) in [6.07, 6.45) is 1.20. The number of amidine groups is 1. The van der Waals surface area contributed by atoms with E-state index in [2.05, 4.69) is 15.1 Å². The molecule has 0 bridgehead atoms. The molecule has 3 N–H and O–H groups in total. The van der Waals surface area contributed by atoms with E-state index in [1.807, 2.05) is 4.90 Å². The Morgan fingerprint density at radius 2 is 1.95 bits per heavy atom. The van der Waals surface area contributed by atoms with Gasteiger partial charge in [-0.2, -0.15) is 4.31 Å². The number of nitrogens with two attached hydrogens (primary N) is 1. The molecule has 1 fully saturated rings. The molecule has 0 unspecified atom stereocenters. The zero-order valence-electron chi connectivity index (χ0n) is 11.9. The monoisotopic (exact) mass is 314 g/mol. The van der Waals surface area contributed by atoms with Crippen molar-refractivity contribution in [3.05, 3.63) is 17.5 Å². The number of hydrogen-bond acceptors (Lipinski definition) is 7. The summed E-state index contributed by atoms with van der Waals surface area (Å²) in [4.78, 5) is 10.4. The summed E-state index contributed by atoms with van der Waals surface area (Å²) in [5.74, 6) is 0.362. The first-order valence-electron chi connectivity index (χ1n) is 6.35. The molecule has 2 rings (SSSR count). The third kappa shape index (κ3) is 3.58. The Kier molecular flexibility index (Phi) is 4.28. The first kappa shape index (κ1) is 15.4.